The Bertz CT molecular complexity index is 474. The van der Waals surface area contributed by atoms with Crippen LogP contribution < -0.4 is 10.2 Å². The van der Waals surface area contributed by atoms with Gasteiger partial charge in [0.2, 0.25) is 0 Å². The molecule has 4 heteroatoms. The van der Waals surface area contributed by atoms with Crippen molar-refractivity contribution in [1.29, 1.82) is 0 Å². The van der Waals surface area contributed by atoms with Crippen LogP contribution in [0.1, 0.15) is 33.3 Å². The van der Waals surface area contributed by atoms with Crippen molar-refractivity contribution >= 4 is 17.4 Å². The molecule has 2 rings (SSSR count). The highest BCUT2D eigenvalue weighted by Crippen LogP contribution is 2.33. The predicted octanol–water partition coefficient (Wildman–Crippen LogP) is 3.90. The second-order valence-electron chi connectivity index (χ2n) is 6.84. The summed E-state index contributed by atoms with van der Waals surface area (Å²) < 4.78 is 14.6. The van der Waals surface area contributed by atoms with E-state index in [1.54, 1.807) is 6.07 Å². The molecule has 21 heavy (non-hydrogen) atoms. The Morgan fingerprint density at radius 3 is 2.76 bits per heavy atom. The molecule has 0 unspecified atom stereocenters. The molecule has 0 radical (unpaired) electrons. The summed E-state index contributed by atoms with van der Waals surface area (Å²) in [6, 6.07) is 5.66. The van der Waals surface area contributed by atoms with Gasteiger partial charge in [-0.3, -0.25) is 0 Å². The van der Waals surface area contributed by atoms with Crippen LogP contribution in [-0.2, 0) is 6.54 Å². The van der Waals surface area contributed by atoms with Gasteiger partial charge in [0.15, 0.2) is 0 Å². The van der Waals surface area contributed by atoms with Crippen molar-refractivity contribution in [3.63, 3.8) is 0 Å². The summed E-state index contributed by atoms with van der Waals surface area (Å²) >= 11 is 1.97. The van der Waals surface area contributed by atoms with Gasteiger partial charge >= 0.3 is 0 Å². The highest BCUT2D eigenvalue weighted by Gasteiger charge is 2.28. The molecule has 1 fully saturated rings. The molecule has 2 nitrogen and oxygen atoms in total. The van der Waals surface area contributed by atoms with E-state index in [0.29, 0.717) is 5.92 Å². The number of hydrogen-bond acceptors (Lipinski definition) is 3. The van der Waals surface area contributed by atoms with Crippen molar-refractivity contribution in [2.45, 2.75) is 39.0 Å². The summed E-state index contributed by atoms with van der Waals surface area (Å²) in [6.45, 7) is 12.3. The van der Waals surface area contributed by atoms with Crippen LogP contribution in [-0.4, -0.2) is 30.1 Å². The van der Waals surface area contributed by atoms with Crippen LogP contribution in [0.2, 0.25) is 0 Å². The van der Waals surface area contributed by atoms with Crippen LogP contribution in [0.3, 0.4) is 0 Å². The molecule has 1 aromatic rings. The highest BCUT2D eigenvalue weighted by molar-refractivity contribution is 8.00. The molecule has 1 aliphatic rings. The monoisotopic (exact) mass is 310 g/mol. The van der Waals surface area contributed by atoms with E-state index in [1.807, 2.05) is 23.9 Å². The van der Waals surface area contributed by atoms with Gasteiger partial charge in [-0.1, -0.05) is 19.9 Å². The van der Waals surface area contributed by atoms with Crippen LogP contribution in [0.25, 0.3) is 0 Å². The number of halogens is 1. The summed E-state index contributed by atoms with van der Waals surface area (Å²) in [5.41, 5.74) is 1.76. The van der Waals surface area contributed by atoms with Crippen LogP contribution in [0.5, 0.6) is 0 Å². The lowest BCUT2D eigenvalue weighted by molar-refractivity contribution is 0.549. The second-order valence-corrected chi connectivity index (χ2v) is 8.64. The van der Waals surface area contributed by atoms with E-state index < -0.39 is 0 Å². The molecule has 1 heterocycles. The predicted molar refractivity (Wildman–Crippen MR) is 91.7 cm³/mol. The Labute approximate surface area is 132 Å². The summed E-state index contributed by atoms with van der Waals surface area (Å²) in [7, 11) is 0. The van der Waals surface area contributed by atoms with Gasteiger partial charge in [0.25, 0.3) is 0 Å². The van der Waals surface area contributed by atoms with Gasteiger partial charge in [-0.15, -0.1) is 0 Å². The minimum Gasteiger partial charge on any atom is -0.367 e. The zero-order valence-corrected chi connectivity index (χ0v) is 14.4. The fourth-order valence-electron chi connectivity index (χ4n) is 2.64. The van der Waals surface area contributed by atoms with Crippen LogP contribution in [0.15, 0.2) is 18.2 Å². The van der Waals surface area contributed by atoms with Crippen molar-refractivity contribution in [2.75, 3.05) is 30.3 Å². The maximum Gasteiger partial charge on any atom is 0.146 e. The zero-order chi connectivity index (χ0) is 15.5. The summed E-state index contributed by atoms with van der Waals surface area (Å²) in [5.74, 6) is 1.58. The maximum absolute atomic E-state index is 14.4. The lowest BCUT2D eigenvalue weighted by atomic mass is 10.1. The van der Waals surface area contributed by atoms with E-state index in [2.05, 4.69) is 37.9 Å². The van der Waals surface area contributed by atoms with Crippen molar-refractivity contribution in [1.82, 2.24) is 5.32 Å². The Balaban J connectivity index is 2.02. The van der Waals surface area contributed by atoms with Crippen molar-refractivity contribution in [3.05, 3.63) is 29.6 Å². The third-order valence-corrected chi connectivity index (χ3v) is 4.96. The molecular weight excluding hydrogens is 283 g/mol. The standard InChI is InChI=1S/C17H27FN2S/c1-13(2)10-19-11-14-5-6-16(15(18)9-14)20-7-8-21-17(3,4)12-20/h5-6,9,13,19H,7-8,10-12H2,1-4H3. The lowest BCUT2D eigenvalue weighted by Gasteiger charge is -2.39. The van der Waals surface area contributed by atoms with Gasteiger partial charge in [0, 0.05) is 30.1 Å². The Morgan fingerprint density at radius 2 is 2.14 bits per heavy atom. The quantitative estimate of drug-likeness (QED) is 0.888. The molecule has 1 saturated heterocycles. The SMILES string of the molecule is CC(C)CNCc1ccc(N2CCSC(C)(C)C2)c(F)c1. The van der Waals surface area contributed by atoms with E-state index in [-0.39, 0.29) is 10.6 Å². The summed E-state index contributed by atoms with van der Waals surface area (Å²) in [5, 5.41) is 3.36. The number of nitrogens with zero attached hydrogens (tertiary/aromatic N) is 1. The van der Waals surface area contributed by atoms with Crippen LogP contribution >= 0.6 is 11.8 Å². The van der Waals surface area contributed by atoms with E-state index in [1.165, 1.54) is 0 Å². The fraction of sp³-hybridized carbons (Fsp3) is 0.647. The molecule has 0 aromatic heterocycles. The van der Waals surface area contributed by atoms with E-state index >= 15 is 0 Å². The number of hydrogen-bond donors (Lipinski definition) is 1. The van der Waals surface area contributed by atoms with E-state index in [0.717, 1.165) is 43.2 Å². The number of rotatable bonds is 5. The van der Waals surface area contributed by atoms with E-state index in [9.17, 15) is 4.39 Å². The third-order valence-electron chi connectivity index (χ3n) is 3.66. The van der Waals surface area contributed by atoms with Crippen molar-refractivity contribution < 1.29 is 4.39 Å². The van der Waals surface area contributed by atoms with Gasteiger partial charge in [-0.05, 0) is 44.0 Å². The number of anilines is 1. The zero-order valence-electron chi connectivity index (χ0n) is 13.6. The molecular formula is C17H27FN2S. The Morgan fingerprint density at radius 1 is 1.38 bits per heavy atom. The van der Waals surface area contributed by atoms with Crippen LogP contribution in [0, 0.1) is 11.7 Å². The van der Waals surface area contributed by atoms with Crippen molar-refractivity contribution in [2.24, 2.45) is 5.92 Å². The van der Waals surface area contributed by atoms with Crippen molar-refractivity contribution in [3.8, 4) is 0 Å². The smallest absolute Gasteiger partial charge is 0.146 e. The fourth-order valence-corrected chi connectivity index (χ4v) is 3.76. The first-order chi connectivity index (χ1) is 9.87. The normalized spacial score (nSPS) is 18.3. The average molecular weight is 310 g/mol. The molecule has 0 aliphatic carbocycles. The van der Waals surface area contributed by atoms with E-state index in [4.69, 9.17) is 0 Å². The molecule has 0 atom stereocenters. The molecule has 118 valence electrons. The Kier molecular flexibility index (Phi) is 5.55. The summed E-state index contributed by atoms with van der Waals surface area (Å²) in [6.07, 6.45) is 0. The number of thioether (sulfide) groups is 1. The molecule has 0 amide bonds. The number of nitrogens with one attached hydrogen (secondary N) is 1. The van der Waals surface area contributed by atoms with Gasteiger partial charge in [-0.25, -0.2) is 4.39 Å². The molecule has 1 N–H and O–H groups in total. The van der Waals surface area contributed by atoms with Gasteiger partial charge in [0.05, 0.1) is 5.69 Å². The van der Waals surface area contributed by atoms with Gasteiger partial charge in [0.1, 0.15) is 5.82 Å². The maximum atomic E-state index is 14.4. The highest BCUT2D eigenvalue weighted by atomic mass is 32.2. The topological polar surface area (TPSA) is 15.3 Å². The van der Waals surface area contributed by atoms with Crippen LogP contribution in [0.4, 0.5) is 10.1 Å². The minimum absolute atomic E-state index is 0.0958. The molecule has 0 saturated carbocycles. The lowest BCUT2D eigenvalue weighted by Crippen LogP contribution is -2.43. The average Bonchev–Trinajstić information content (AvgIpc) is 2.37. The Hall–Kier alpha value is -0.740. The first kappa shape index (κ1) is 16.6. The molecule has 0 bridgehead atoms. The molecule has 1 aromatic carbocycles. The first-order valence-corrected chi connectivity index (χ1v) is 8.74. The molecule has 1 aliphatic heterocycles. The first-order valence-electron chi connectivity index (χ1n) is 7.75. The minimum atomic E-state index is -0.0958. The van der Waals surface area contributed by atoms with Gasteiger partial charge in [-0.2, -0.15) is 11.8 Å². The second kappa shape index (κ2) is 7.01. The number of benzene rings is 1. The molecule has 0 spiro atoms. The largest absolute Gasteiger partial charge is 0.367 e. The third kappa shape index (κ3) is 4.89. The summed E-state index contributed by atoms with van der Waals surface area (Å²) in [4.78, 5) is 2.18. The van der Waals surface area contributed by atoms with Gasteiger partial charge < -0.3 is 10.2 Å².